The molecule has 0 aromatic heterocycles. The number of aliphatic hydroxyl groups is 1. The Labute approximate surface area is 68.0 Å². The quantitative estimate of drug-likeness (QED) is 0.567. The maximum Gasteiger partial charge on any atom is 0.0781 e. The van der Waals surface area contributed by atoms with Gasteiger partial charge in [0.15, 0.2) is 0 Å². The molecule has 0 amide bonds. The summed E-state index contributed by atoms with van der Waals surface area (Å²) in [6.45, 7) is 1.73. The van der Waals surface area contributed by atoms with Gasteiger partial charge < -0.3 is 10.4 Å². The summed E-state index contributed by atoms with van der Waals surface area (Å²) in [6, 6.07) is 0. The molecule has 1 aliphatic rings. The Morgan fingerprint density at radius 3 is 3.00 bits per heavy atom. The van der Waals surface area contributed by atoms with E-state index in [-0.39, 0.29) is 0 Å². The number of terminal acetylenes is 1. The first kappa shape index (κ1) is 8.58. The van der Waals surface area contributed by atoms with Crippen LogP contribution in [0.2, 0.25) is 0 Å². The molecule has 0 aromatic rings. The van der Waals surface area contributed by atoms with E-state index in [2.05, 4.69) is 11.2 Å². The van der Waals surface area contributed by atoms with Crippen LogP contribution in [0, 0.1) is 12.3 Å². The van der Waals surface area contributed by atoms with Crippen molar-refractivity contribution in [3.63, 3.8) is 0 Å². The van der Waals surface area contributed by atoms with Crippen molar-refractivity contribution in [1.29, 1.82) is 0 Å². The molecule has 0 aromatic carbocycles. The smallest absolute Gasteiger partial charge is 0.0781 e. The molecule has 0 saturated carbocycles. The Kier molecular flexibility index (Phi) is 2.92. The maximum atomic E-state index is 9.84. The predicted molar refractivity (Wildman–Crippen MR) is 45.1 cm³/mol. The zero-order valence-electron chi connectivity index (χ0n) is 6.77. The van der Waals surface area contributed by atoms with Crippen molar-refractivity contribution in [2.45, 2.75) is 31.3 Å². The van der Waals surface area contributed by atoms with E-state index in [1.54, 1.807) is 0 Å². The number of piperidine rings is 1. The normalized spacial score (nSPS) is 31.3. The fourth-order valence-electron chi connectivity index (χ4n) is 1.47. The number of nitrogens with one attached hydrogen (secondary N) is 1. The molecule has 1 aliphatic heterocycles. The zero-order chi connectivity index (χ0) is 8.16. The molecular formula is C9H15NO. The molecule has 1 rings (SSSR count). The summed E-state index contributed by atoms with van der Waals surface area (Å²) in [6.07, 6.45) is 8.48. The van der Waals surface area contributed by atoms with Crippen molar-refractivity contribution in [3.8, 4) is 12.3 Å². The predicted octanol–water partition coefficient (Wildman–Crippen LogP) is 0.514. The van der Waals surface area contributed by atoms with E-state index >= 15 is 0 Å². The first-order chi connectivity index (χ1) is 5.27. The van der Waals surface area contributed by atoms with E-state index in [4.69, 9.17) is 6.42 Å². The molecular weight excluding hydrogens is 138 g/mol. The first-order valence-corrected chi connectivity index (χ1v) is 4.13. The lowest BCUT2D eigenvalue weighted by Crippen LogP contribution is -2.45. The van der Waals surface area contributed by atoms with Gasteiger partial charge in [0.1, 0.15) is 0 Å². The second-order valence-corrected chi connectivity index (χ2v) is 3.21. The standard InChI is InChI=1S/C9H15NO/c1-2-3-5-9(11)6-4-7-10-8-9/h1,10-11H,3-8H2. The van der Waals surface area contributed by atoms with Gasteiger partial charge in [-0.05, 0) is 25.8 Å². The highest BCUT2D eigenvalue weighted by Gasteiger charge is 2.27. The Balaban J connectivity index is 2.32. The molecule has 1 unspecified atom stereocenters. The molecule has 2 heteroatoms. The topological polar surface area (TPSA) is 32.3 Å². The van der Waals surface area contributed by atoms with Crippen molar-refractivity contribution in [2.24, 2.45) is 0 Å². The molecule has 62 valence electrons. The van der Waals surface area contributed by atoms with Crippen LogP contribution >= 0.6 is 0 Å². The fraction of sp³-hybridized carbons (Fsp3) is 0.778. The van der Waals surface area contributed by atoms with Crippen molar-refractivity contribution < 1.29 is 5.11 Å². The lowest BCUT2D eigenvalue weighted by atomic mass is 9.90. The average Bonchev–Trinajstić information content (AvgIpc) is 2.03. The third-order valence-electron chi connectivity index (χ3n) is 2.18. The Bertz CT molecular complexity index is 153. The van der Waals surface area contributed by atoms with Crippen LogP contribution in [0.1, 0.15) is 25.7 Å². The van der Waals surface area contributed by atoms with E-state index in [0.29, 0.717) is 13.0 Å². The molecule has 0 aliphatic carbocycles. The monoisotopic (exact) mass is 153 g/mol. The Morgan fingerprint density at radius 2 is 2.45 bits per heavy atom. The highest BCUT2D eigenvalue weighted by molar-refractivity contribution is 4.91. The second-order valence-electron chi connectivity index (χ2n) is 3.21. The molecule has 0 radical (unpaired) electrons. The zero-order valence-corrected chi connectivity index (χ0v) is 6.77. The summed E-state index contributed by atoms with van der Waals surface area (Å²) in [5.41, 5.74) is -0.523. The Morgan fingerprint density at radius 1 is 1.64 bits per heavy atom. The third-order valence-corrected chi connectivity index (χ3v) is 2.18. The molecule has 1 saturated heterocycles. The summed E-state index contributed by atoms with van der Waals surface area (Å²) in [4.78, 5) is 0. The molecule has 0 bridgehead atoms. The second kappa shape index (κ2) is 3.75. The van der Waals surface area contributed by atoms with Crippen LogP contribution in [0.15, 0.2) is 0 Å². The maximum absolute atomic E-state index is 9.84. The molecule has 1 atom stereocenters. The van der Waals surface area contributed by atoms with Crippen molar-refractivity contribution >= 4 is 0 Å². The van der Waals surface area contributed by atoms with E-state index in [9.17, 15) is 5.11 Å². The van der Waals surface area contributed by atoms with Gasteiger partial charge in [0.05, 0.1) is 5.60 Å². The molecule has 2 nitrogen and oxygen atoms in total. The minimum atomic E-state index is -0.523. The van der Waals surface area contributed by atoms with Crippen LogP contribution in [-0.2, 0) is 0 Å². The van der Waals surface area contributed by atoms with Crippen LogP contribution in [-0.4, -0.2) is 23.8 Å². The van der Waals surface area contributed by atoms with Gasteiger partial charge in [0.2, 0.25) is 0 Å². The number of hydrogen-bond donors (Lipinski definition) is 2. The average molecular weight is 153 g/mol. The highest BCUT2D eigenvalue weighted by Crippen LogP contribution is 2.20. The Hall–Kier alpha value is -0.520. The van der Waals surface area contributed by atoms with Crippen molar-refractivity contribution in [1.82, 2.24) is 5.32 Å². The van der Waals surface area contributed by atoms with Crippen LogP contribution in [0.4, 0.5) is 0 Å². The van der Waals surface area contributed by atoms with Crippen LogP contribution in [0.5, 0.6) is 0 Å². The first-order valence-electron chi connectivity index (χ1n) is 4.13. The third kappa shape index (κ3) is 2.53. The molecule has 1 fully saturated rings. The number of β-amino-alcohol motifs (C(OH)–C–C–N with tert-alkyl or cyclic N) is 1. The number of hydrogen-bond acceptors (Lipinski definition) is 2. The minimum absolute atomic E-state index is 0.523. The summed E-state index contributed by atoms with van der Waals surface area (Å²) < 4.78 is 0. The van der Waals surface area contributed by atoms with Crippen LogP contribution in [0.3, 0.4) is 0 Å². The van der Waals surface area contributed by atoms with Gasteiger partial charge in [-0.15, -0.1) is 12.3 Å². The van der Waals surface area contributed by atoms with E-state index in [1.807, 2.05) is 0 Å². The van der Waals surface area contributed by atoms with Crippen LogP contribution < -0.4 is 5.32 Å². The summed E-state index contributed by atoms with van der Waals surface area (Å²) in [5.74, 6) is 2.55. The number of rotatable bonds is 2. The van der Waals surface area contributed by atoms with Gasteiger partial charge in [-0.25, -0.2) is 0 Å². The molecule has 1 heterocycles. The lowest BCUT2D eigenvalue weighted by molar-refractivity contribution is 0.00997. The molecule has 2 N–H and O–H groups in total. The SMILES string of the molecule is C#CCCC1(O)CCCNC1. The molecule has 11 heavy (non-hydrogen) atoms. The molecule has 0 spiro atoms. The lowest BCUT2D eigenvalue weighted by Gasteiger charge is -2.32. The van der Waals surface area contributed by atoms with Gasteiger partial charge >= 0.3 is 0 Å². The summed E-state index contributed by atoms with van der Waals surface area (Å²) >= 11 is 0. The summed E-state index contributed by atoms with van der Waals surface area (Å²) in [7, 11) is 0. The minimum Gasteiger partial charge on any atom is -0.389 e. The van der Waals surface area contributed by atoms with Crippen molar-refractivity contribution in [3.05, 3.63) is 0 Å². The fourth-order valence-corrected chi connectivity index (χ4v) is 1.47. The van der Waals surface area contributed by atoms with Gasteiger partial charge in [-0.3, -0.25) is 0 Å². The van der Waals surface area contributed by atoms with E-state index in [1.165, 1.54) is 0 Å². The van der Waals surface area contributed by atoms with Gasteiger partial charge in [-0.1, -0.05) is 0 Å². The highest BCUT2D eigenvalue weighted by atomic mass is 16.3. The van der Waals surface area contributed by atoms with Gasteiger partial charge in [0.25, 0.3) is 0 Å². The van der Waals surface area contributed by atoms with Crippen molar-refractivity contribution in [2.75, 3.05) is 13.1 Å². The van der Waals surface area contributed by atoms with E-state index in [0.717, 1.165) is 25.8 Å². The van der Waals surface area contributed by atoms with E-state index < -0.39 is 5.60 Å². The van der Waals surface area contributed by atoms with Gasteiger partial charge in [-0.2, -0.15) is 0 Å². The van der Waals surface area contributed by atoms with Crippen LogP contribution in [0.25, 0.3) is 0 Å². The largest absolute Gasteiger partial charge is 0.389 e. The van der Waals surface area contributed by atoms with Gasteiger partial charge in [0, 0.05) is 13.0 Å². The summed E-state index contributed by atoms with van der Waals surface area (Å²) in [5, 5.41) is 13.0.